The van der Waals surface area contributed by atoms with Crippen LogP contribution in [0, 0.1) is 0 Å². The summed E-state index contributed by atoms with van der Waals surface area (Å²) in [6.07, 6.45) is 2.39. The number of amides is 1. The van der Waals surface area contributed by atoms with E-state index < -0.39 is 0 Å². The molecule has 0 spiro atoms. The summed E-state index contributed by atoms with van der Waals surface area (Å²) in [7, 11) is 1.55. The molecular weight excluding hydrogens is 244 g/mol. The summed E-state index contributed by atoms with van der Waals surface area (Å²) in [5, 5.41) is 2.88. The maximum absolute atomic E-state index is 11.5. The molecule has 0 unspecified atom stereocenters. The summed E-state index contributed by atoms with van der Waals surface area (Å²) < 4.78 is 10.7. The Balaban J connectivity index is 2.06. The van der Waals surface area contributed by atoms with Crippen LogP contribution in [0.4, 0.5) is 0 Å². The molecule has 1 amide bonds. The molecule has 0 aromatic carbocycles. The first-order chi connectivity index (χ1) is 9.02. The number of hydrogen-bond acceptors (Lipinski definition) is 4. The fourth-order valence-corrected chi connectivity index (χ4v) is 2.39. The molecule has 0 aromatic rings. The summed E-state index contributed by atoms with van der Waals surface area (Å²) in [4.78, 5) is 13.9. The predicted molar refractivity (Wildman–Crippen MR) is 75.2 cm³/mol. The number of ether oxygens (including phenoxy) is 2. The molecule has 19 heavy (non-hydrogen) atoms. The Labute approximate surface area is 116 Å². The average Bonchev–Trinajstić information content (AvgIpc) is 2.36. The van der Waals surface area contributed by atoms with Crippen molar-refractivity contribution in [3.8, 4) is 0 Å². The third-order valence-electron chi connectivity index (χ3n) is 3.42. The lowest BCUT2D eigenvalue weighted by atomic mass is 10.2. The number of hydrogen-bond donors (Lipinski definition) is 1. The van der Waals surface area contributed by atoms with E-state index >= 15 is 0 Å². The Morgan fingerprint density at radius 2 is 2.00 bits per heavy atom. The predicted octanol–water partition coefficient (Wildman–Crippen LogP) is 1.03. The Morgan fingerprint density at radius 3 is 2.58 bits per heavy atom. The molecule has 5 heteroatoms. The van der Waals surface area contributed by atoms with Gasteiger partial charge in [0.2, 0.25) is 5.91 Å². The second-order valence-corrected chi connectivity index (χ2v) is 5.39. The van der Waals surface area contributed by atoms with Gasteiger partial charge in [-0.05, 0) is 40.2 Å². The maximum Gasteiger partial charge on any atom is 0.248 e. The van der Waals surface area contributed by atoms with Gasteiger partial charge in [-0.3, -0.25) is 9.69 Å². The van der Waals surface area contributed by atoms with Crippen LogP contribution in [0.25, 0.3) is 0 Å². The van der Waals surface area contributed by atoms with E-state index in [0.29, 0.717) is 12.2 Å². The molecule has 1 saturated heterocycles. The van der Waals surface area contributed by atoms with Crippen LogP contribution in [0.1, 0.15) is 33.6 Å². The topological polar surface area (TPSA) is 50.8 Å². The molecule has 0 aliphatic carbocycles. The highest BCUT2D eigenvalue weighted by atomic mass is 16.5. The lowest BCUT2D eigenvalue weighted by molar-refractivity contribution is -0.130. The Morgan fingerprint density at radius 1 is 1.37 bits per heavy atom. The van der Waals surface area contributed by atoms with E-state index in [9.17, 15) is 4.79 Å². The first-order valence-electron chi connectivity index (χ1n) is 7.21. The number of methoxy groups -OCH3 is 1. The van der Waals surface area contributed by atoms with Gasteiger partial charge in [-0.2, -0.15) is 0 Å². The molecule has 3 atom stereocenters. The molecule has 0 saturated carbocycles. The van der Waals surface area contributed by atoms with E-state index in [1.54, 1.807) is 14.0 Å². The third kappa shape index (κ3) is 6.36. The summed E-state index contributed by atoms with van der Waals surface area (Å²) >= 11 is 0. The zero-order chi connectivity index (χ0) is 14.3. The Hall–Kier alpha value is -0.650. The first kappa shape index (κ1) is 16.4. The van der Waals surface area contributed by atoms with Gasteiger partial charge >= 0.3 is 0 Å². The summed E-state index contributed by atoms with van der Waals surface area (Å²) in [5.74, 6) is -0.0314. The zero-order valence-electron chi connectivity index (χ0n) is 12.6. The second kappa shape index (κ2) is 8.51. The van der Waals surface area contributed by atoms with Gasteiger partial charge in [-0.1, -0.05) is 0 Å². The van der Waals surface area contributed by atoms with Crippen LogP contribution in [0.15, 0.2) is 0 Å². The minimum atomic E-state index is -0.360. The van der Waals surface area contributed by atoms with E-state index in [1.165, 1.54) is 0 Å². The van der Waals surface area contributed by atoms with Crippen molar-refractivity contribution < 1.29 is 14.3 Å². The van der Waals surface area contributed by atoms with Crippen LogP contribution in [0.5, 0.6) is 0 Å². The molecule has 0 aromatic heterocycles. The molecule has 0 bridgehead atoms. The SMILES string of the molecule is CO[C@H](C)C(=O)NCCCCN1C[C@@H](C)O[C@@H](C)C1. The van der Waals surface area contributed by atoms with Crippen molar-refractivity contribution in [3.63, 3.8) is 0 Å². The number of nitrogens with one attached hydrogen (secondary N) is 1. The molecule has 1 fully saturated rings. The van der Waals surface area contributed by atoms with Gasteiger partial charge in [-0.15, -0.1) is 0 Å². The van der Waals surface area contributed by atoms with Crippen molar-refractivity contribution in [3.05, 3.63) is 0 Å². The summed E-state index contributed by atoms with van der Waals surface area (Å²) in [6.45, 7) is 9.82. The largest absolute Gasteiger partial charge is 0.373 e. The smallest absolute Gasteiger partial charge is 0.248 e. The third-order valence-corrected chi connectivity index (χ3v) is 3.42. The lowest BCUT2D eigenvalue weighted by Crippen LogP contribution is -2.45. The average molecular weight is 272 g/mol. The Kier molecular flexibility index (Phi) is 7.34. The molecule has 0 radical (unpaired) electrons. The number of carbonyl (C=O) groups is 1. The number of rotatable bonds is 7. The number of carbonyl (C=O) groups excluding carboxylic acids is 1. The normalized spacial score (nSPS) is 26.1. The molecule has 1 aliphatic heterocycles. The van der Waals surface area contributed by atoms with Crippen LogP contribution in [0.2, 0.25) is 0 Å². The highest BCUT2D eigenvalue weighted by Crippen LogP contribution is 2.11. The van der Waals surface area contributed by atoms with Crippen molar-refractivity contribution in [2.75, 3.05) is 33.3 Å². The fourth-order valence-electron chi connectivity index (χ4n) is 2.39. The van der Waals surface area contributed by atoms with Gasteiger partial charge in [0.05, 0.1) is 12.2 Å². The Bertz CT molecular complexity index is 263. The van der Waals surface area contributed by atoms with Crippen molar-refractivity contribution in [1.82, 2.24) is 10.2 Å². The van der Waals surface area contributed by atoms with Crippen LogP contribution in [-0.4, -0.2) is 62.4 Å². The number of morpholine rings is 1. The lowest BCUT2D eigenvalue weighted by Gasteiger charge is -2.35. The van der Waals surface area contributed by atoms with Gasteiger partial charge in [0.1, 0.15) is 6.10 Å². The van der Waals surface area contributed by atoms with Crippen LogP contribution in [0.3, 0.4) is 0 Å². The number of unbranched alkanes of at least 4 members (excludes halogenated alkanes) is 1. The van der Waals surface area contributed by atoms with E-state index in [2.05, 4.69) is 24.1 Å². The van der Waals surface area contributed by atoms with Crippen LogP contribution in [-0.2, 0) is 14.3 Å². The minimum absolute atomic E-state index is 0.0314. The number of nitrogens with zero attached hydrogens (tertiary/aromatic N) is 1. The van der Waals surface area contributed by atoms with E-state index in [0.717, 1.165) is 39.0 Å². The first-order valence-corrected chi connectivity index (χ1v) is 7.21. The molecular formula is C14H28N2O3. The molecule has 1 aliphatic rings. The van der Waals surface area contributed by atoms with Crippen molar-refractivity contribution in [2.45, 2.75) is 51.9 Å². The van der Waals surface area contributed by atoms with Crippen LogP contribution >= 0.6 is 0 Å². The molecule has 112 valence electrons. The van der Waals surface area contributed by atoms with E-state index in [-0.39, 0.29) is 12.0 Å². The second-order valence-electron chi connectivity index (χ2n) is 5.39. The molecule has 1 N–H and O–H groups in total. The van der Waals surface area contributed by atoms with Crippen molar-refractivity contribution in [1.29, 1.82) is 0 Å². The zero-order valence-corrected chi connectivity index (χ0v) is 12.6. The molecule has 1 heterocycles. The van der Waals surface area contributed by atoms with Crippen molar-refractivity contribution in [2.24, 2.45) is 0 Å². The maximum atomic E-state index is 11.5. The molecule has 5 nitrogen and oxygen atoms in total. The van der Waals surface area contributed by atoms with Crippen LogP contribution < -0.4 is 5.32 Å². The van der Waals surface area contributed by atoms with Gasteiger partial charge in [0.25, 0.3) is 0 Å². The fraction of sp³-hybridized carbons (Fsp3) is 0.929. The minimum Gasteiger partial charge on any atom is -0.373 e. The monoisotopic (exact) mass is 272 g/mol. The van der Waals surface area contributed by atoms with Gasteiger partial charge in [0.15, 0.2) is 0 Å². The quantitative estimate of drug-likeness (QED) is 0.703. The molecule has 1 rings (SSSR count). The standard InChI is InChI=1S/C14H28N2O3/c1-11-9-16(10-12(2)19-11)8-6-5-7-15-14(17)13(3)18-4/h11-13H,5-10H2,1-4H3,(H,15,17)/t11-,12+,13-/m1/s1. The van der Waals surface area contributed by atoms with Gasteiger partial charge in [-0.25, -0.2) is 0 Å². The summed E-state index contributed by atoms with van der Waals surface area (Å²) in [6, 6.07) is 0. The van der Waals surface area contributed by atoms with Gasteiger partial charge in [0, 0.05) is 26.7 Å². The van der Waals surface area contributed by atoms with Crippen molar-refractivity contribution >= 4 is 5.91 Å². The van der Waals surface area contributed by atoms with E-state index in [4.69, 9.17) is 9.47 Å². The van der Waals surface area contributed by atoms with Gasteiger partial charge < -0.3 is 14.8 Å². The summed E-state index contributed by atoms with van der Waals surface area (Å²) in [5.41, 5.74) is 0. The van der Waals surface area contributed by atoms with E-state index in [1.807, 2.05) is 0 Å². The highest BCUT2D eigenvalue weighted by Gasteiger charge is 2.21. The highest BCUT2D eigenvalue weighted by molar-refractivity contribution is 5.80.